The molecule has 1 aliphatic heterocycles. The zero-order valence-electron chi connectivity index (χ0n) is 16.1. The van der Waals surface area contributed by atoms with E-state index in [4.69, 9.17) is 10.5 Å². The Balaban J connectivity index is 1.65. The fourth-order valence-electron chi connectivity index (χ4n) is 4.05. The van der Waals surface area contributed by atoms with Gasteiger partial charge in [0.25, 0.3) is 0 Å². The molecule has 0 spiro atoms. The Hall–Kier alpha value is -3.32. The van der Waals surface area contributed by atoms with E-state index in [0.717, 1.165) is 25.3 Å². The van der Waals surface area contributed by atoms with Gasteiger partial charge < -0.3 is 10.5 Å². The first-order valence-electron chi connectivity index (χ1n) is 9.85. The van der Waals surface area contributed by atoms with E-state index in [1.807, 2.05) is 0 Å². The molecular formula is C23H19F2N3O2. The molecule has 0 aliphatic carbocycles. The molecule has 152 valence electrons. The molecule has 1 aliphatic rings. The Labute approximate surface area is 171 Å². The number of halogens is 2. The molecule has 5 rings (SSSR count). The van der Waals surface area contributed by atoms with Crippen LogP contribution in [0.25, 0.3) is 21.7 Å². The molecule has 0 radical (unpaired) electrons. The molecule has 4 aromatic rings. The van der Waals surface area contributed by atoms with E-state index in [9.17, 15) is 13.6 Å². The van der Waals surface area contributed by atoms with Crippen molar-refractivity contribution in [2.24, 2.45) is 0 Å². The number of aromatic nitrogens is 2. The summed E-state index contributed by atoms with van der Waals surface area (Å²) < 4.78 is 36.4. The summed E-state index contributed by atoms with van der Waals surface area (Å²) >= 11 is 0. The first-order valence-corrected chi connectivity index (χ1v) is 9.85. The number of anilines is 1. The van der Waals surface area contributed by atoms with Crippen LogP contribution < -0.4 is 5.73 Å². The lowest BCUT2D eigenvalue weighted by atomic mass is 9.95. The van der Waals surface area contributed by atoms with Crippen LogP contribution in [0.4, 0.5) is 14.5 Å². The second kappa shape index (κ2) is 7.18. The van der Waals surface area contributed by atoms with Crippen LogP contribution in [0.1, 0.15) is 41.4 Å². The van der Waals surface area contributed by atoms with Crippen molar-refractivity contribution in [2.45, 2.75) is 25.5 Å². The van der Waals surface area contributed by atoms with Gasteiger partial charge in [-0.3, -0.25) is 4.79 Å². The van der Waals surface area contributed by atoms with Crippen molar-refractivity contribution in [3.63, 3.8) is 0 Å². The maximum Gasteiger partial charge on any atom is 0.195 e. The molecule has 0 saturated carbocycles. The molecule has 30 heavy (non-hydrogen) atoms. The number of fused-ring (bicyclic) bond motifs is 2. The monoisotopic (exact) mass is 407 g/mol. The maximum atomic E-state index is 14.6. The minimum atomic E-state index is -0.534. The number of hydrogen-bond acceptors (Lipinski definition) is 4. The van der Waals surface area contributed by atoms with Crippen LogP contribution in [0.2, 0.25) is 0 Å². The van der Waals surface area contributed by atoms with Crippen molar-refractivity contribution in [3.05, 3.63) is 71.4 Å². The number of ether oxygens (including phenoxy) is 1. The van der Waals surface area contributed by atoms with E-state index in [0.29, 0.717) is 22.8 Å². The lowest BCUT2D eigenvalue weighted by Gasteiger charge is -2.22. The topological polar surface area (TPSA) is 70.1 Å². The molecular weight excluding hydrogens is 388 g/mol. The minimum Gasteiger partial charge on any atom is -0.398 e. The smallest absolute Gasteiger partial charge is 0.195 e. The van der Waals surface area contributed by atoms with Gasteiger partial charge in [-0.2, -0.15) is 5.10 Å². The van der Waals surface area contributed by atoms with Crippen molar-refractivity contribution in [3.8, 4) is 0 Å². The van der Waals surface area contributed by atoms with E-state index < -0.39 is 17.4 Å². The SMILES string of the molecule is Nc1c(C(=O)c2ccc(F)c3nn(C4CCCCO4)cc23)cc(F)c2ccccc12. The summed E-state index contributed by atoms with van der Waals surface area (Å²) in [5.41, 5.74) is 6.75. The Bertz CT molecular complexity index is 1290. The van der Waals surface area contributed by atoms with E-state index in [1.54, 1.807) is 35.1 Å². The van der Waals surface area contributed by atoms with Crippen molar-refractivity contribution < 1.29 is 18.3 Å². The van der Waals surface area contributed by atoms with E-state index in [2.05, 4.69) is 5.10 Å². The molecule has 1 saturated heterocycles. The van der Waals surface area contributed by atoms with Gasteiger partial charge in [-0.1, -0.05) is 24.3 Å². The van der Waals surface area contributed by atoms with Crippen molar-refractivity contribution in [1.82, 2.24) is 9.78 Å². The zero-order valence-corrected chi connectivity index (χ0v) is 16.1. The van der Waals surface area contributed by atoms with Crippen molar-refractivity contribution >= 4 is 33.1 Å². The average Bonchev–Trinajstić information content (AvgIpc) is 3.23. The summed E-state index contributed by atoms with van der Waals surface area (Å²) in [5, 5.41) is 5.48. The largest absolute Gasteiger partial charge is 0.398 e. The standard InChI is InChI=1S/C23H19F2N3O2/c24-18-9-8-15(17-12-28(27-22(17)18)20-7-3-4-10-30-20)23(29)16-11-19(25)13-5-1-2-6-14(13)21(16)26/h1-2,5-6,8-9,11-12,20H,3-4,7,10,26H2. The van der Waals surface area contributed by atoms with Gasteiger partial charge in [0.2, 0.25) is 0 Å². The number of hydrogen-bond donors (Lipinski definition) is 1. The van der Waals surface area contributed by atoms with Gasteiger partial charge in [0.1, 0.15) is 17.6 Å². The summed E-state index contributed by atoms with van der Waals surface area (Å²) in [7, 11) is 0. The number of benzene rings is 3. The number of carbonyl (C=O) groups excluding carboxylic acids is 1. The molecule has 7 heteroatoms. The predicted octanol–water partition coefficient (Wildman–Crippen LogP) is 4.98. The second-order valence-corrected chi connectivity index (χ2v) is 7.48. The lowest BCUT2D eigenvalue weighted by Crippen LogP contribution is -2.18. The highest BCUT2D eigenvalue weighted by Gasteiger charge is 2.24. The van der Waals surface area contributed by atoms with Gasteiger partial charge in [-0.15, -0.1) is 0 Å². The number of nitrogens with two attached hydrogens (primary N) is 1. The molecule has 0 bridgehead atoms. The molecule has 0 amide bonds. The molecule has 3 aromatic carbocycles. The number of nitrogen functional groups attached to an aromatic ring is 1. The molecule has 1 unspecified atom stereocenters. The summed E-state index contributed by atoms with van der Waals surface area (Å²) in [6.45, 7) is 0.613. The zero-order chi connectivity index (χ0) is 20.8. The molecule has 5 nitrogen and oxygen atoms in total. The first-order chi connectivity index (χ1) is 14.5. The quantitative estimate of drug-likeness (QED) is 0.384. The Morgan fingerprint density at radius 3 is 2.60 bits per heavy atom. The normalized spacial score (nSPS) is 16.9. The summed E-state index contributed by atoms with van der Waals surface area (Å²) in [6.07, 6.45) is 4.05. The molecule has 1 atom stereocenters. The van der Waals surface area contributed by atoms with E-state index in [-0.39, 0.29) is 28.6 Å². The highest BCUT2D eigenvalue weighted by atomic mass is 19.1. The summed E-state index contributed by atoms with van der Waals surface area (Å²) in [4.78, 5) is 13.3. The van der Waals surface area contributed by atoms with Gasteiger partial charge in [0.15, 0.2) is 11.6 Å². The molecule has 2 N–H and O–H groups in total. The summed E-state index contributed by atoms with van der Waals surface area (Å²) in [6, 6.07) is 10.4. The Morgan fingerprint density at radius 2 is 1.83 bits per heavy atom. The third kappa shape index (κ3) is 2.93. The van der Waals surface area contributed by atoms with Crippen LogP contribution in [0.15, 0.2) is 48.7 Å². The van der Waals surface area contributed by atoms with Gasteiger partial charge in [0, 0.05) is 40.1 Å². The van der Waals surface area contributed by atoms with Crippen molar-refractivity contribution in [2.75, 3.05) is 12.3 Å². The number of nitrogens with zero attached hydrogens (tertiary/aromatic N) is 2. The third-order valence-corrected chi connectivity index (χ3v) is 5.62. The first kappa shape index (κ1) is 18.7. The van der Waals surface area contributed by atoms with Gasteiger partial charge in [-0.05, 0) is 37.5 Å². The van der Waals surface area contributed by atoms with Crippen LogP contribution >= 0.6 is 0 Å². The van der Waals surface area contributed by atoms with Gasteiger partial charge >= 0.3 is 0 Å². The average molecular weight is 407 g/mol. The molecule has 1 aromatic heterocycles. The maximum absolute atomic E-state index is 14.6. The van der Waals surface area contributed by atoms with Crippen LogP contribution in [-0.2, 0) is 4.74 Å². The molecule has 2 heterocycles. The van der Waals surface area contributed by atoms with E-state index >= 15 is 0 Å². The van der Waals surface area contributed by atoms with Crippen LogP contribution in [0.5, 0.6) is 0 Å². The third-order valence-electron chi connectivity index (χ3n) is 5.62. The fourth-order valence-corrected chi connectivity index (χ4v) is 4.05. The van der Waals surface area contributed by atoms with E-state index in [1.165, 1.54) is 12.1 Å². The molecule has 1 fully saturated rings. The van der Waals surface area contributed by atoms with Crippen LogP contribution in [0.3, 0.4) is 0 Å². The fraction of sp³-hybridized carbons (Fsp3) is 0.217. The second-order valence-electron chi connectivity index (χ2n) is 7.48. The van der Waals surface area contributed by atoms with Crippen LogP contribution in [-0.4, -0.2) is 22.2 Å². The highest BCUT2D eigenvalue weighted by Crippen LogP contribution is 2.32. The van der Waals surface area contributed by atoms with Crippen LogP contribution in [0, 0.1) is 11.6 Å². The highest BCUT2D eigenvalue weighted by molar-refractivity contribution is 6.20. The van der Waals surface area contributed by atoms with Crippen molar-refractivity contribution in [1.29, 1.82) is 0 Å². The lowest BCUT2D eigenvalue weighted by molar-refractivity contribution is -0.0391. The Kier molecular flexibility index (Phi) is 4.47. The summed E-state index contributed by atoms with van der Waals surface area (Å²) in [5.74, 6) is -1.55. The minimum absolute atomic E-state index is 0.0424. The Morgan fingerprint density at radius 1 is 1.03 bits per heavy atom. The number of ketones is 1. The number of rotatable bonds is 3. The number of carbonyl (C=O) groups is 1. The predicted molar refractivity (Wildman–Crippen MR) is 110 cm³/mol. The van der Waals surface area contributed by atoms with Gasteiger partial charge in [0.05, 0.1) is 5.69 Å². The van der Waals surface area contributed by atoms with Gasteiger partial charge in [-0.25, -0.2) is 13.5 Å².